The zero-order valence-electron chi connectivity index (χ0n) is 7.77. The van der Waals surface area contributed by atoms with Gasteiger partial charge in [0.05, 0.1) is 21.3 Å². The molecule has 1 unspecified atom stereocenters. The number of carboxylic acids is 1. The molecule has 80 valence electrons. The largest absolute Gasteiger partial charge is 0.478 e. The van der Waals surface area contributed by atoms with Gasteiger partial charge in [0, 0.05) is 9.72 Å². The van der Waals surface area contributed by atoms with Crippen LogP contribution in [0, 0.1) is 0 Å². The monoisotopic (exact) mass is 288 g/mol. The molecule has 0 spiro atoms. The van der Waals surface area contributed by atoms with Gasteiger partial charge in [-0.1, -0.05) is 15.9 Å². The highest BCUT2D eigenvalue weighted by Crippen LogP contribution is 2.32. The van der Waals surface area contributed by atoms with Gasteiger partial charge in [-0.25, -0.2) is 4.79 Å². The van der Waals surface area contributed by atoms with Crippen LogP contribution in [-0.4, -0.2) is 20.5 Å². The summed E-state index contributed by atoms with van der Waals surface area (Å²) in [5.74, 6) is -1.02. The molecule has 0 aliphatic heterocycles. The molecular weight excluding hydrogens is 280 g/mol. The maximum atomic E-state index is 11.9. The first-order valence-corrected chi connectivity index (χ1v) is 6.53. The second-order valence-corrected chi connectivity index (χ2v) is 6.06. The molecule has 0 amide bonds. The number of rotatable bonds is 3. The molecule has 1 saturated carbocycles. The maximum Gasteiger partial charge on any atom is 0.336 e. The van der Waals surface area contributed by atoms with E-state index in [9.17, 15) is 9.00 Å². The summed E-state index contributed by atoms with van der Waals surface area (Å²) in [5, 5.41) is 9.11. The van der Waals surface area contributed by atoms with E-state index in [1.807, 2.05) is 0 Å². The molecule has 1 aromatic rings. The number of hydrogen-bond donors (Lipinski definition) is 1. The summed E-state index contributed by atoms with van der Waals surface area (Å²) in [6, 6.07) is 4.77. The molecular formula is C10H9BrO3S. The zero-order chi connectivity index (χ0) is 11.0. The number of halogens is 1. The van der Waals surface area contributed by atoms with E-state index in [2.05, 4.69) is 15.9 Å². The van der Waals surface area contributed by atoms with Crippen LogP contribution in [-0.2, 0) is 10.8 Å². The van der Waals surface area contributed by atoms with Gasteiger partial charge in [-0.3, -0.25) is 4.21 Å². The van der Waals surface area contributed by atoms with Crippen LogP contribution in [0.15, 0.2) is 27.6 Å². The maximum absolute atomic E-state index is 11.9. The van der Waals surface area contributed by atoms with E-state index in [0.717, 1.165) is 17.3 Å². The first-order valence-electron chi connectivity index (χ1n) is 4.53. The average Bonchev–Trinajstić information content (AvgIpc) is 2.99. The molecule has 0 saturated heterocycles. The van der Waals surface area contributed by atoms with Gasteiger partial charge in [-0.15, -0.1) is 0 Å². The highest BCUT2D eigenvalue weighted by molar-refractivity contribution is 9.10. The Morgan fingerprint density at radius 2 is 2.13 bits per heavy atom. The van der Waals surface area contributed by atoms with Crippen LogP contribution in [0.5, 0.6) is 0 Å². The minimum Gasteiger partial charge on any atom is -0.478 e. The molecule has 1 aromatic carbocycles. The van der Waals surface area contributed by atoms with Gasteiger partial charge >= 0.3 is 5.97 Å². The number of carboxylic acid groups (broad SMARTS) is 1. The molecule has 1 N–H and O–H groups in total. The lowest BCUT2D eigenvalue weighted by Crippen LogP contribution is -2.07. The van der Waals surface area contributed by atoms with Crippen molar-refractivity contribution in [3.05, 3.63) is 28.2 Å². The normalized spacial score (nSPS) is 17.4. The van der Waals surface area contributed by atoms with Crippen molar-refractivity contribution < 1.29 is 14.1 Å². The molecule has 3 nitrogen and oxygen atoms in total. The zero-order valence-corrected chi connectivity index (χ0v) is 10.2. The molecule has 1 atom stereocenters. The number of aromatic carboxylic acids is 1. The molecule has 0 radical (unpaired) electrons. The van der Waals surface area contributed by atoms with Crippen molar-refractivity contribution in [2.45, 2.75) is 23.0 Å². The molecule has 5 heteroatoms. The fourth-order valence-corrected chi connectivity index (χ4v) is 3.35. The predicted molar refractivity (Wildman–Crippen MR) is 60.5 cm³/mol. The lowest BCUT2D eigenvalue weighted by Gasteiger charge is -2.05. The van der Waals surface area contributed by atoms with E-state index in [1.54, 1.807) is 12.1 Å². The first kappa shape index (κ1) is 10.8. The summed E-state index contributed by atoms with van der Waals surface area (Å²) in [4.78, 5) is 11.4. The topological polar surface area (TPSA) is 54.4 Å². The molecule has 2 rings (SSSR count). The fraction of sp³-hybridized carbons (Fsp3) is 0.300. The fourth-order valence-electron chi connectivity index (χ4n) is 1.30. The molecule has 0 bridgehead atoms. The van der Waals surface area contributed by atoms with Gasteiger partial charge in [0.2, 0.25) is 0 Å². The van der Waals surface area contributed by atoms with E-state index in [4.69, 9.17) is 5.11 Å². The van der Waals surface area contributed by atoms with Gasteiger partial charge in [0.25, 0.3) is 0 Å². The van der Waals surface area contributed by atoms with Crippen LogP contribution in [0.4, 0.5) is 0 Å². The molecule has 0 aromatic heterocycles. The quantitative estimate of drug-likeness (QED) is 0.929. The summed E-state index contributed by atoms with van der Waals surface area (Å²) < 4.78 is 12.7. The first-order chi connectivity index (χ1) is 7.09. The molecule has 15 heavy (non-hydrogen) atoms. The van der Waals surface area contributed by atoms with E-state index < -0.39 is 16.8 Å². The molecule has 1 aliphatic rings. The summed E-state index contributed by atoms with van der Waals surface area (Å²) >= 11 is 3.26. The Labute approximate surface area is 98.1 Å². The Bertz CT molecular complexity index is 440. The Balaban J connectivity index is 2.46. The highest BCUT2D eigenvalue weighted by Gasteiger charge is 2.31. The molecule has 1 fully saturated rings. The van der Waals surface area contributed by atoms with Crippen molar-refractivity contribution in [1.29, 1.82) is 0 Å². The van der Waals surface area contributed by atoms with Crippen molar-refractivity contribution >= 4 is 32.7 Å². The van der Waals surface area contributed by atoms with E-state index in [-0.39, 0.29) is 10.8 Å². The van der Waals surface area contributed by atoms with Gasteiger partial charge in [0.1, 0.15) is 0 Å². The average molecular weight is 289 g/mol. The Morgan fingerprint density at radius 3 is 2.67 bits per heavy atom. The standard InChI is InChI=1S/C10H9BrO3S/c11-6-1-4-8(10(12)13)9(5-6)15(14)7-2-3-7/h1,4-5,7H,2-3H2,(H,12,13). The van der Waals surface area contributed by atoms with E-state index in [0.29, 0.717) is 4.90 Å². The highest BCUT2D eigenvalue weighted by atomic mass is 79.9. The Hall–Kier alpha value is -0.680. The van der Waals surface area contributed by atoms with Crippen LogP contribution in [0.2, 0.25) is 0 Å². The van der Waals surface area contributed by atoms with Crippen LogP contribution in [0.25, 0.3) is 0 Å². The lowest BCUT2D eigenvalue weighted by atomic mass is 10.2. The molecule has 1 aliphatic carbocycles. The van der Waals surface area contributed by atoms with Crippen LogP contribution in [0.1, 0.15) is 23.2 Å². The van der Waals surface area contributed by atoms with Crippen molar-refractivity contribution in [2.24, 2.45) is 0 Å². The van der Waals surface area contributed by atoms with Gasteiger partial charge < -0.3 is 5.11 Å². The SMILES string of the molecule is O=C(O)c1ccc(Br)cc1S(=O)C1CC1. The lowest BCUT2D eigenvalue weighted by molar-refractivity contribution is 0.0693. The summed E-state index contributed by atoms with van der Waals surface area (Å²) in [6.45, 7) is 0. The smallest absolute Gasteiger partial charge is 0.336 e. The number of hydrogen-bond acceptors (Lipinski definition) is 2. The van der Waals surface area contributed by atoms with Crippen molar-refractivity contribution in [1.82, 2.24) is 0 Å². The second kappa shape index (κ2) is 4.06. The number of carbonyl (C=O) groups is 1. The second-order valence-electron chi connectivity index (χ2n) is 3.44. The Kier molecular flexibility index (Phi) is 2.93. The minimum atomic E-state index is -1.18. The predicted octanol–water partition coefficient (Wildman–Crippen LogP) is 2.42. The summed E-state index contributed by atoms with van der Waals surface area (Å²) in [5.41, 5.74) is 0.142. The summed E-state index contributed by atoms with van der Waals surface area (Å²) in [6.07, 6.45) is 1.86. The van der Waals surface area contributed by atoms with Crippen molar-refractivity contribution in [2.75, 3.05) is 0 Å². The van der Waals surface area contributed by atoms with Crippen molar-refractivity contribution in [3.8, 4) is 0 Å². The van der Waals surface area contributed by atoms with Gasteiger partial charge in [-0.05, 0) is 31.0 Å². The van der Waals surface area contributed by atoms with Gasteiger partial charge in [-0.2, -0.15) is 0 Å². The van der Waals surface area contributed by atoms with Crippen molar-refractivity contribution in [3.63, 3.8) is 0 Å². The third-order valence-electron chi connectivity index (χ3n) is 2.22. The van der Waals surface area contributed by atoms with Crippen LogP contribution >= 0.6 is 15.9 Å². The van der Waals surface area contributed by atoms with Gasteiger partial charge in [0.15, 0.2) is 0 Å². The summed E-state index contributed by atoms with van der Waals surface area (Å²) in [7, 11) is -1.18. The minimum absolute atomic E-state index is 0.142. The molecule has 0 heterocycles. The van der Waals surface area contributed by atoms with E-state index >= 15 is 0 Å². The third kappa shape index (κ3) is 2.29. The Morgan fingerprint density at radius 1 is 1.47 bits per heavy atom. The van der Waals surface area contributed by atoms with E-state index in [1.165, 1.54) is 6.07 Å². The third-order valence-corrected chi connectivity index (χ3v) is 4.56. The van der Waals surface area contributed by atoms with Crippen LogP contribution < -0.4 is 0 Å². The van der Waals surface area contributed by atoms with Crippen LogP contribution in [0.3, 0.4) is 0 Å². The number of benzene rings is 1.